The number of aliphatic hydroxyl groups excluding tert-OH is 1. The molecule has 0 aromatic carbocycles. The molecular weight excluding hydrogens is 1380 g/mol. The molecule has 19 heteroatoms. The first-order chi connectivity index (χ1) is 51.7. The summed E-state index contributed by atoms with van der Waals surface area (Å²) in [6, 6.07) is 0. The first-order valence-corrected chi connectivity index (χ1v) is 42.0. The Morgan fingerprint density at radius 3 is 0.811 bits per heavy atom. The zero-order valence-corrected chi connectivity index (χ0v) is 66.5. The van der Waals surface area contributed by atoms with Crippen LogP contribution < -0.4 is 0 Å². The number of rotatable bonds is 70. The molecule has 594 valence electrons. The molecule has 0 aliphatic heterocycles. The van der Waals surface area contributed by atoms with Crippen molar-refractivity contribution in [2.75, 3.05) is 39.6 Å². The molecule has 3 N–H and O–H groups in total. The predicted octanol–water partition coefficient (Wildman–Crippen LogP) is 22.9. The number of carbonyl (C=O) groups is 4. The van der Waals surface area contributed by atoms with Crippen LogP contribution in [-0.4, -0.2) is 96.7 Å². The van der Waals surface area contributed by atoms with Gasteiger partial charge in [-0.3, -0.25) is 37.3 Å². The van der Waals surface area contributed by atoms with Crippen LogP contribution in [0.5, 0.6) is 0 Å². The lowest BCUT2D eigenvalue weighted by atomic mass is 10.1. The molecule has 0 fully saturated rings. The first kappa shape index (κ1) is 99.4. The van der Waals surface area contributed by atoms with E-state index < -0.39 is 97.5 Å². The number of allylic oxidation sites excluding steroid dienone is 35. The third-order valence-corrected chi connectivity index (χ3v) is 16.9. The van der Waals surface area contributed by atoms with Gasteiger partial charge >= 0.3 is 39.5 Å². The molecule has 5 unspecified atom stereocenters. The highest BCUT2D eigenvalue weighted by atomic mass is 31.2. The second-order valence-electron chi connectivity index (χ2n) is 24.8. The molecule has 0 amide bonds. The van der Waals surface area contributed by atoms with Gasteiger partial charge in [0.1, 0.15) is 19.3 Å². The van der Waals surface area contributed by atoms with Crippen molar-refractivity contribution in [2.24, 2.45) is 0 Å². The van der Waals surface area contributed by atoms with Gasteiger partial charge in [-0.25, -0.2) is 9.13 Å². The lowest BCUT2D eigenvalue weighted by Crippen LogP contribution is -2.30. The van der Waals surface area contributed by atoms with Gasteiger partial charge in [0.2, 0.25) is 0 Å². The van der Waals surface area contributed by atoms with Crippen LogP contribution in [0.3, 0.4) is 0 Å². The summed E-state index contributed by atoms with van der Waals surface area (Å²) in [5.74, 6) is -2.47. The van der Waals surface area contributed by atoms with Crippen LogP contribution in [0, 0.1) is 0 Å². The van der Waals surface area contributed by atoms with Crippen molar-refractivity contribution in [1.29, 1.82) is 0 Å². The fourth-order valence-corrected chi connectivity index (χ4v) is 10.8. The Kier molecular flexibility index (Phi) is 71.8. The second kappa shape index (κ2) is 76.6. The molecular formula is C87H134O17P2. The topological polar surface area (TPSA) is 237 Å². The summed E-state index contributed by atoms with van der Waals surface area (Å²) in [6.07, 6.45) is 96.7. The van der Waals surface area contributed by atoms with Crippen molar-refractivity contribution >= 4 is 39.5 Å². The maximum Gasteiger partial charge on any atom is 0.472 e. The Morgan fingerprint density at radius 1 is 0.274 bits per heavy atom. The predicted molar refractivity (Wildman–Crippen MR) is 435 cm³/mol. The first-order valence-electron chi connectivity index (χ1n) is 39.0. The lowest BCUT2D eigenvalue weighted by molar-refractivity contribution is -0.161. The summed E-state index contributed by atoms with van der Waals surface area (Å²) < 4.78 is 68.3. The van der Waals surface area contributed by atoms with E-state index in [2.05, 4.69) is 216 Å². The summed E-state index contributed by atoms with van der Waals surface area (Å²) in [5.41, 5.74) is 0. The number of carbonyl (C=O) groups excluding carboxylic acids is 4. The Bertz CT molecular complexity index is 2880. The average molecular weight is 1510 g/mol. The smallest absolute Gasteiger partial charge is 0.462 e. The largest absolute Gasteiger partial charge is 0.472 e. The van der Waals surface area contributed by atoms with E-state index in [0.717, 1.165) is 161 Å². The Balaban J connectivity index is 5.56. The molecule has 5 atom stereocenters. The number of hydrogen-bond acceptors (Lipinski definition) is 15. The van der Waals surface area contributed by atoms with Crippen LogP contribution in [-0.2, 0) is 65.4 Å². The molecule has 0 bridgehead atoms. The molecule has 0 aromatic rings. The Morgan fingerprint density at radius 2 is 0.500 bits per heavy atom. The molecule has 0 aliphatic carbocycles. The van der Waals surface area contributed by atoms with Crippen LogP contribution in [0.25, 0.3) is 0 Å². The van der Waals surface area contributed by atoms with Crippen LogP contribution in [0.4, 0.5) is 0 Å². The van der Waals surface area contributed by atoms with E-state index in [1.54, 1.807) is 6.08 Å². The monoisotopic (exact) mass is 1510 g/mol. The second-order valence-corrected chi connectivity index (χ2v) is 27.7. The standard InChI is InChI=1S/C87H134O17P2/c1-5-9-13-17-21-25-29-33-37-39-40-42-45-48-52-56-60-64-68-72-85(90)98-78-83(104-87(92)74-70-66-62-58-54-50-46-41-38-34-30-26-22-18-14-10-6-2)80-102-106(95,96)100-76-81(88)75-99-105(93,94)101-79-82(103-86(91)73-69-65-61-57-53-49-44-36-32-28-24-20-16-12-8-4)77-97-84(89)71-67-63-59-55-51-47-43-35-31-27-23-19-15-11-7-3/h9-16,21-28,33-38,40,42-44,46,48,50-53,55,57,63,67,81-83,88H,5-8,17-20,29-32,39,41,45,47,49,54,56,58-62,64-66,68-80H2,1-4H3,(H,93,94)(H,95,96)/b13-9-,14-10-,15-11-,16-12-,25-21-,26-22-,27-23-,28-24-,37-33-,38-34-,42-40-,43-35-,44-36-,50-46-,52-48-,55-51-,57-53-,67-63-. The van der Waals surface area contributed by atoms with Crippen molar-refractivity contribution in [1.82, 2.24) is 0 Å². The highest BCUT2D eigenvalue weighted by Gasteiger charge is 2.30. The Labute approximate surface area is 639 Å². The van der Waals surface area contributed by atoms with Gasteiger partial charge in [-0.1, -0.05) is 266 Å². The quantitative estimate of drug-likeness (QED) is 0.0169. The van der Waals surface area contributed by atoms with E-state index in [-0.39, 0.29) is 25.7 Å². The SMILES string of the molecule is CC/C=C\C/C=C\C/C=C\C/C=C\C/C=C\CCCCCC(=O)OCC(COP(=O)(O)OCC(O)COP(=O)(O)OCC(COC(=O)C/C=C\C/C=C\C/C=C\C/C=C\C/C=C\CC)OC(=O)CCCC/C=C\C/C=C\C/C=C\C/C=C\CC)OC(=O)CCCCCC/C=C\C/C=C\C/C=C\C/C=C\CC. The van der Waals surface area contributed by atoms with Crippen molar-refractivity contribution in [3.63, 3.8) is 0 Å². The number of ether oxygens (including phenoxy) is 4. The van der Waals surface area contributed by atoms with E-state index in [9.17, 15) is 43.2 Å². The number of esters is 4. The zero-order valence-electron chi connectivity index (χ0n) is 64.8. The van der Waals surface area contributed by atoms with Crippen molar-refractivity contribution < 1.29 is 80.2 Å². The van der Waals surface area contributed by atoms with Gasteiger partial charge in [-0.15, -0.1) is 0 Å². The third-order valence-electron chi connectivity index (χ3n) is 15.0. The van der Waals surface area contributed by atoms with Gasteiger partial charge < -0.3 is 33.8 Å². The van der Waals surface area contributed by atoms with E-state index in [0.29, 0.717) is 32.1 Å². The van der Waals surface area contributed by atoms with Gasteiger partial charge in [0.15, 0.2) is 12.2 Å². The molecule has 0 saturated heterocycles. The van der Waals surface area contributed by atoms with Crippen LogP contribution in [0.15, 0.2) is 219 Å². The normalized spacial score (nSPS) is 15.0. The highest BCUT2D eigenvalue weighted by molar-refractivity contribution is 7.47. The number of phosphoric ester groups is 2. The fraction of sp³-hybridized carbons (Fsp3) is 0.540. The molecule has 0 heterocycles. The van der Waals surface area contributed by atoms with Gasteiger partial charge in [0, 0.05) is 19.3 Å². The summed E-state index contributed by atoms with van der Waals surface area (Å²) in [6.45, 7) is 4.13. The van der Waals surface area contributed by atoms with E-state index in [1.165, 1.54) is 0 Å². The van der Waals surface area contributed by atoms with Gasteiger partial charge in [0.05, 0.1) is 32.8 Å². The number of hydrogen-bond donors (Lipinski definition) is 3. The van der Waals surface area contributed by atoms with Gasteiger partial charge in [0.25, 0.3) is 0 Å². The van der Waals surface area contributed by atoms with Gasteiger partial charge in [-0.2, -0.15) is 0 Å². The highest BCUT2D eigenvalue weighted by Crippen LogP contribution is 2.45. The average Bonchev–Trinajstić information content (AvgIpc) is 0.902. The minimum Gasteiger partial charge on any atom is -0.462 e. The van der Waals surface area contributed by atoms with Crippen LogP contribution in [0.1, 0.15) is 246 Å². The molecule has 0 aliphatic rings. The molecule has 106 heavy (non-hydrogen) atoms. The van der Waals surface area contributed by atoms with E-state index in [4.69, 9.17) is 37.0 Å². The molecule has 0 spiro atoms. The van der Waals surface area contributed by atoms with Crippen molar-refractivity contribution in [2.45, 2.75) is 264 Å². The number of phosphoric acid groups is 2. The molecule has 0 radical (unpaired) electrons. The minimum atomic E-state index is -5.02. The van der Waals surface area contributed by atoms with E-state index in [1.807, 2.05) is 24.3 Å². The maximum atomic E-state index is 13.1. The fourth-order valence-electron chi connectivity index (χ4n) is 9.18. The van der Waals surface area contributed by atoms with Gasteiger partial charge in [-0.05, 0) is 173 Å². The summed E-state index contributed by atoms with van der Waals surface area (Å²) >= 11 is 0. The minimum absolute atomic E-state index is 0.0124. The lowest BCUT2D eigenvalue weighted by Gasteiger charge is -2.21. The maximum absolute atomic E-state index is 13.1. The summed E-state index contributed by atoms with van der Waals surface area (Å²) in [5, 5.41) is 10.6. The molecule has 0 saturated carbocycles. The third kappa shape index (κ3) is 75.6. The summed E-state index contributed by atoms with van der Waals surface area (Å²) in [7, 11) is -10.0. The Hall–Kier alpha value is -6.62. The molecule has 0 aromatic heterocycles. The van der Waals surface area contributed by atoms with E-state index >= 15 is 0 Å². The molecule has 17 nitrogen and oxygen atoms in total. The molecule has 0 rings (SSSR count). The number of unbranched alkanes of at least 4 members (excludes halogenated alkanes) is 9. The van der Waals surface area contributed by atoms with Crippen LogP contribution in [0.2, 0.25) is 0 Å². The number of aliphatic hydroxyl groups is 1. The van der Waals surface area contributed by atoms with Crippen molar-refractivity contribution in [3.05, 3.63) is 219 Å². The van der Waals surface area contributed by atoms with Crippen LogP contribution >= 0.6 is 15.6 Å². The van der Waals surface area contributed by atoms with Crippen molar-refractivity contribution in [3.8, 4) is 0 Å². The zero-order chi connectivity index (χ0) is 77.4. The summed E-state index contributed by atoms with van der Waals surface area (Å²) in [4.78, 5) is 72.9.